The van der Waals surface area contributed by atoms with E-state index in [0.29, 0.717) is 12.6 Å². The topological polar surface area (TPSA) is 30.9 Å². The zero-order valence-corrected chi connectivity index (χ0v) is 11.6. The molecule has 2 aliphatic heterocycles. The van der Waals surface area contributed by atoms with Crippen LogP contribution in [-0.4, -0.2) is 44.4 Å². The second-order valence-corrected chi connectivity index (χ2v) is 5.11. The Morgan fingerprint density at radius 2 is 2.32 bits per heavy atom. The van der Waals surface area contributed by atoms with Gasteiger partial charge >= 0.3 is 0 Å². The van der Waals surface area contributed by atoms with Crippen molar-refractivity contribution in [1.82, 2.24) is 4.90 Å². The van der Waals surface area contributed by atoms with Gasteiger partial charge in [-0.1, -0.05) is 6.92 Å². The van der Waals surface area contributed by atoms with E-state index in [0.717, 1.165) is 43.2 Å². The number of fused-ring (bicyclic) bond motifs is 3. The van der Waals surface area contributed by atoms with Crippen LogP contribution in [0.3, 0.4) is 0 Å². The Kier molecular flexibility index (Phi) is 3.62. The largest absolute Gasteiger partial charge is 0.497 e. The van der Waals surface area contributed by atoms with Gasteiger partial charge in [-0.15, -0.1) is 0 Å². The number of ether oxygens (including phenoxy) is 3. The van der Waals surface area contributed by atoms with Crippen LogP contribution in [0, 0.1) is 0 Å². The fourth-order valence-electron chi connectivity index (χ4n) is 3.00. The number of benzene rings is 1. The zero-order valence-electron chi connectivity index (χ0n) is 11.6. The fourth-order valence-corrected chi connectivity index (χ4v) is 3.00. The summed E-state index contributed by atoms with van der Waals surface area (Å²) in [5.41, 5.74) is 1.12. The molecule has 0 aromatic heterocycles. The quantitative estimate of drug-likeness (QED) is 0.837. The second-order valence-electron chi connectivity index (χ2n) is 5.11. The first kappa shape index (κ1) is 12.8. The molecule has 0 aliphatic carbocycles. The lowest BCUT2D eigenvalue weighted by atomic mass is 9.96. The van der Waals surface area contributed by atoms with E-state index in [1.54, 1.807) is 7.11 Å². The van der Waals surface area contributed by atoms with Gasteiger partial charge in [-0.2, -0.15) is 0 Å². The molecule has 1 saturated heterocycles. The number of morpholine rings is 1. The molecule has 1 fully saturated rings. The van der Waals surface area contributed by atoms with Gasteiger partial charge in [0.1, 0.15) is 24.2 Å². The maximum absolute atomic E-state index is 6.01. The molecule has 4 nitrogen and oxygen atoms in total. The lowest BCUT2D eigenvalue weighted by Gasteiger charge is -2.44. The Morgan fingerprint density at radius 1 is 1.42 bits per heavy atom. The predicted molar refractivity (Wildman–Crippen MR) is 72.8 cm³/mol. The molecule has 2 atom stereocenters. The molecule has 4 heteroatoms. The number of rotatable bonds is 3. The third-order valence-electron chi connectivity index (χ3n) is 3.94. The third kappa shape index (κ3) is 2.30. The molecule has 1 aromatic rings. The lowest BCUT2D eigenvalue weighted by molar-refractivity contribution is -0.0956. The minimum atomic E-state index is 0.110. The van der Waals surface area contributed by atoms with Crippen LogP contribution < -0.4 is 9.47 Å². The molecule has 0 unspecified atom stereocenters. The summed E-state index contributed by atoms with van der Waals surface area (Å²) in [6.07, 6.45) is 1.27. The molecule has 104 valence electrons. The van der Waals surface area contributed by atoms with E-state index >= 15 is 0 Å². The van der Waals surface area contributed by atoms with Gasteiger partial charge in [0.15, 0.2) is 0 Å². The van der Waals surface area contributed by atoms with Crippen molar-refractivity contribution in [3.8, 4) is 11.5 Å². The highest BCUT2D eigenvalue weighted by Crippen LogP contribution is 2.40. The van der Waals surface area contributed by atoms with Gasteiger partial charge in [-0.05, 0) is 31.2 Å². The van der Waals surface area contributed by atoms with Crippen LogP contribution in [0.25, 0.3) is 0 Å². The van der Waals surface area contributed by atoms with Crippen LogP contribution >= 0.6 is 0 Å². The number of hydrogen-bond acceptors (Lipinski definition) is 4. The average Bonchev–Trinajstić information content (AvgIpc) is 2.47. The first-order valence-corrected chi connectivity index (χ1v) is 7.00. The number of nitrogens with zero attached hydrogens (tertiary/aromatic N) is 1. The SMILES string of the molecule is CCCN1CCO[C@H]2c3cc(OC)ccc3OC[C@@H]21. The molecular weight excluding hydrogens is 242 g/mol. The van der Waals surface area contributed by atoms with Gasteiger partial charge in [-0.25, -0.2) is 0 Å². The van der Waals surface area contributed by atoms with Crippen molar-refractivity contribution in [1.29, 1.82) is 0 Å². The summed E-state index contributed by atoms with van der Waals surface area (Å²) in [4.78, 5) is 2.48. The van der Waals surface area contributed by atoms with Gasteiger partial charge < -0.3 is 14.2 Å². The Balaban J connectivity index is 1.90. The van der Waals surface area contributed by atoms with Gasteiger partial charge in [0.25, 0.3) is 0 Å². The summed E-state index contributed by atoms with van der Waals surface area (Å²) in [7, 11) is 1.69. The van der Waals surface area contributed by atoms with Gasteiger partial charge in [-0.3, -0.25) is 4.90 Å². The van der Waals surface area contributed by atoms with Crippen molar-refractivity contribution in [3.63, 3.8) is 0 Å². The third-order valence-corrected chi connectivity index (χ3v) is 3.94. The summed E-state index contributed by atoms with van der Waals surface area (Å²) in [6.45, 7) is 5.82. The molecule has 3 rings (SSSR count). The minimum absolute atomic E-state index is 0.110. The van der Waals surface area contributed by atoms with Gasteiger partial charge in [0.2, 0.25) is 0 Å². The lowest BCUT2D eigenvalue weighted by Crippen LogP contribution is -2.52. The van der Waals surface area contributed by atoms with Crippen molar-refractivity contribution in [2.75, 3.05) is 33.4 Å². The Labute approximate surface area is 114 Å². The Hall–Kier alpha value is -1.26. The van der Waals surface area contributed by atoms with Crippen molar-refractivity contribution in [2.45, 2.75) is 25.5 Å². The summed E-state index contributed by atoms with van der Waals surface area (Å²) in [5.74, 6) is 1.79. The summed E-state index contributed by atoms with van der Waals surface area (Å²) >= 11 is 0. The van der Waals surface area contributed by atoms with Crippen LogP contribution in [0.5, 0.6) is 11.5 Å². The standard InChI is InChI=1S/C15H21NO3/c1-3-6-16-7-8-18-15-12-9-11(17-2)4-5-14(12)19-10-13(15)16/h4-5,9,13,15H,3,6-8,10H2,1-2H3/t13-,15-/m0/s1. The monoisotopic (exact) mass is 263 g/mol. The van der Waals surface area contributed by atoms with Gasteiger partial charge in [0, 0.05) is 12.1 Å². The highest BCUT2D eigenvalue weighted by molar-refractivity contribution is 5.44. The highest BCUT2D eigenvalue weighted by Gasteiger charge is 2.38. The molecule has 0 bridgehead atoms. The van der Waals surface area contributed by atoms with E-state index in [4.69, 9.17) is 14.2 Å². The van der Waals surface area contributed by atoms with Crippen LogP contribution in [0.2, 0.25) is 0 Å². The van der Waals surface area contributed by atoms with Crippen LogP contribution in [0.15, 0.2) is 18.2 Å². The molecular formula is C15H21NO3. The first-order valence-electron chi connectivity index (χ1n) is 7.00. The molecule has 0 saturated carbocycles. The summed E-state index contributed by atoms with van der Waals surface area (Å²) in [6, 6.07) is 6.29. The maximum atomic E-state index is 6.01. The smallest absolute Gasteiger partial charge is 0.125 e. The second kappa shape index (κ2) is 5.39. The molecule has 0 spiro atoms. The molecule has 19 heavy (non-hydrogen) atoms. The minimum Gasteiger partial charge on any atom is -0.497 e. The van der Waals surface area contributed by atoms with Crippen LogP contribution in [0.4, 0.5) is 0 Å². The van der Waals surface area contributed by atoms with Crippen LogP contribution in [-0.2, 0) is 4.74 Å². The summed E-state index contributed by atoms with van der Waals surface area (Å²) in [5, 5.41) is 0. The van der Waals surface area contributed by atoms with Crippen LogP contribution in [0.1, 0.15) is 25.0 Å². The predicted octanol–water partition coefficient (Wildman–Crippen LogP) is 2.24. The van der Waals surface area contributed by atoms with Crippen molar-refractivity contribution >= 4 is 0 Å². The van der Waals surface area contributed by atoms with Gasteiger partial charge in [0.05, 0.1) is 19.8 Å². The van der Waals surface area contributed by atoms with E-state index in [1.165, 1.54) is 0 Å². The summed E-state index contributed by atoms with van der Waals surface area (Å²) < 4.78 is 17.2. The van der Waals surface area contributed by atoms with Crippen molar-refractivity contribution in [2.24, 2.45) is 0 Å². The van der Waals surface area contributed by atoms with Crippen molar-refractivity contribution in [3.05, 3.63) is 23.8 Å². The molecule has 1 aromatic carbocycles. The zero-order chi connectivity index (χ0) is 13.2. The average molecular weight is 263 g/mol. The Morgan fingerprint density at radius 3 is 3.11 bits per heavy atom. The molecule has 0 amide bonds. The van der Waals surface area contributed by atoms with E-state index in [9.17, 15) is 0 Å². The molecule has 0 N–H and O–H groups in total. The number of hydrogen-bond donors (Lipinski definition) is 0. The van der Waals surface area contributed by atoms with E-state index < -0.39 is 0 Å². The molecule has 2 heterocycles. The fraction of sp³-hybridized carbons (Fsp3) is 0.600. The maximum Gasteiger partial charge on any atom is 0.125 e. The molecule has 2 aliphatic rings. The first-order chi connectivity index (χ1) is 9.33. The molecule has 0 radical (unpaired) electrons. The normalized spacial score (nSPS) is 26.2. The Bertz CT molecular complexity index is 447. The van der Waals surface area contributed by atoms with Crippen molar-refractivity contribution < 1.29 is 14.2 Å². The number of methoxy groups -OCH3 is 1. The van der Waals surface area contributed by atoms with E-state index in [1.807, 2.05) is 18.2 Å². The van der Waals surface area contributed by atoms with E-state index in [2.05, 4.69) is 11.8 Å². The highest BCUT2D eigenvalue weighted by atomic mass is 16.5. The van der Waals surface area contributed by atoms with E-state index in [-0.39, 0.29) is 6.10 Å².